The van der Waals surface area contributed by atoms with Gasteiger partial charge in [0.25, 0.3) is 0 Å². The Kier molecular flexibility index (Phi) is 2.23. The minimum atomic E-state index is 0.708. The van der Waals surface area contributed by atoms with Gasteiger partial charge in [-0.1, -0.05) is 0 Å². The van der Waals surface area contributed by atoms with Gasteiger partial charge in [-0.3, -0.25) is 0 Å². The summed E-state index contributed by atoms with van der Waals surface area (Å²) in [7, 11) is 0. The van der Waals surface area contributed by atoms with Crippen molar-refractivity contribution in [1.82, 2.24) is 14.5 Å². The Morgan fingerprint density at radius 3 is 3.15 bits per heavy atom. The molecule has 4 nitrogen and oxygen atoms in total. The molecule has 0 amide bonds. The molecule has 4 heteroatoms. The first kappa shape index (κ1) is 8.19. The Hall–Kier alpha value is -1.42. The van der Waals surface area contributed by atoms with E-state index in [1.54, 1.807) is 6.20 Å². The zero-order valence-electron chi connectivity index (χ0n) is 7.35. The standard InChI is InChI=1S/C9H12N4/c10-4-2-6-13-7-12-9-8(13)3-1-5-11-9/h1,3,5,7H,2,4,6,10H2. The van der Waals surface area contributed by atoms with Crippen LogP contribution in [0, 0.1) is 0 Å². The maximum atomic E-state index is 5.44. The topological polar surface area (TPSA) is 56.7 Å². The Morgan fingerprint density at radius 2 is 2.31 bits per heavy atom. The van der Waals surface area contributed by atoms with Gasteiger partial charge in [-0.2, -0.15) is 0 Å². The molecule has 68 valence electrons. The molecule has 0 spiro atoms. The molecular formula is C9H12N4. The predicted molar refractivity (Wildman–Crippen MR) is 51.2 cm³/mol. The number of nitrogens with two attached hydrogens (primary N) is 1. The highest BCUT2D eigenvalue weighted by Gasteiger charge is 2.00. The summed E-state index contributed by atoms with van der Waals surface area (Å²) in [5, 5.41) is 0. The van der Waals surface area contributed by atoms with Gasteiger partial charge in [0.15, 0.2) is 5.65 Å². The van der Waals surface area contributed by atoms with Crippen LogP contribution in [0.25, 0.3) is 11.2 Å². The number of pyridine rings is 1. The highest BCUT2D eigenvalue weighted by atomic mass is 15.1. The second-order valence-corrected chi connectivity index (χ2v) is 2.93. The smallest absolute Gasteiger partial charge is 0.177 e. The van der Waals surface area contributed by atoms with E-state index in [0.29, 0.717) is 6.54 Å². The number of fused-ring (bicyclic) bond motifs is 1. The average molecular weight is 176 g/mol. The van der Waals surface area contributed by atoms with Crippen LogP contribution in [0.5, 0.6) is 0 Å². The third-order valence-corrected chi connectivity index (χ3v) is 2.00. The fraction of sp³-hybridized carbons (Fsp3) is 0.333. The molecule has 0 fully saturated rings. The SMILES string of the molecule is NCCCn1cnc2ncccc21. The highest BCUT2D eigenvalue weighted by molar-refractivity contribution is 5.70. The van der Waals surface area contributed by atoms with Crippen LogP contribution >= 0.6 is 0 Å². The first-order chi connectivity index (χ1) is 6.42. The van der Waals surface area contributed by atoms with E-state index in [1.807, 2.05) is 18.5 Å². The van der Waals surface area contributed by atoms with Gasteiger partial charge in [0, 0.05) is 12.7 Å². The van der Waals surface area contributed by atoms with Crippen LogP contribution < -0.4 is 5.73 Å². The second kappa shape index (κ2) is 3.53. The second-order valence-electron chi connectivity index (χ2n) is 2.93. The summed E-state index contributed by atoms with van der Waals surface area (Å²) in [5.41, 5.74) is 7.32. The van der Waals surface area contributed by atoms with Crippen LogP contribution in [0.4, 0.5) is 0 Å². The lowest BCUT2D eigenvalue weighted by Crippen LogP contribution is -2.04. The number of hydrogen-bond donors (Lipinski definition) is 1. The highest BCUT2D eigenvalue weighted by Crippen LogP contribution is 2.08. The molecule has 0 saturated carbocycles. The van der Waals surface area contributed by atoms with Crippen LogP contribution in [0.15, 0.2) is 24.7 Å². The van der Waals surface area contributed by atoms with E-state index in [1.165, 1.54) is 0 Å². The third-order valence-electron chi connectivity index (χ3n) is 2.00. The van der Waals surface area contributed by atoms with Gasteiger partial charge in [0.05, 0.1) is 11.8 Å². The van der Waals surface area contributed by atoms with Gasteiger partial charge in [0.1, 0.15) is 0 Å². The number of aryl methyl sites for hydroxylation is 1. The molecule has 2 heterocycles. The van der Waals surface area contributed by atoms with E-state index in [2.05, 4.69) is 14.5 Å². The van der Waals surface area contributed by atoms with Crippen molar-refractivity contribution in [3.8, 4) is 0 Å². The van der Waals surface area contributed by atoms with Crippen LogP contribution in [0.3, 0.4) is 0 Å². The number of hydrogen-bond acceptors (Lipinski definition) is 3. The summed E-state index contributed by atoms with van der Waals surface area (Å²) in [4.78, 5) is 8.33. The fourth-order valence-corrected chi connectivity index (χ4v) is 1.34. The zero-order valence-corrected chi connectivity index (χ0v) is 7.35. The Balaban J connectivity index is 2.35. The van der Waals surface area contributed by atoms with Gasteiger partial charge in [-0.25, -0.2) is 9.97 Å². The van der Waals surface area contributed by atoms with Gasteiger partial charge in [-0.15, -0.1) is 0 Å². The summed E-state index contributed by atoms with van der Waals surface area (Å²) in [6.45, 7) is 1.62. The van der Waals surface area contributed by atoms with Gasteiger partial charge >= 0.3 is 0 Å². The molecule has 0 aliphatic rings. The molecule has 13 heavy (non-hydrogen) atoms. The van der Waals surface area contributed by atoms with Gasteiger partial charge in [-0.05, 0) is 25.1 Å². The molecule has 0 aromatic carbocycles. The minimum absolute atomic E-state index is 0.708. The lowest BCUT2D eigenvalue weighted by Gasteiger charge is -2.00. The molecule has 2 aromatic heterocycles. The van der Waals surface area contributed by atoms with Crippen LogP contribution in [0.2, 0.25) is 0 Å². The Morgan fingerprint density at radius 1 is 1.38 bits per heavy atom. The molecule has 2 aromatic rings. The number of imidazole rings is 1. The molecule has 0 radical (unpaired) electrons. The quantitative estimate of drug-likeness (QED) is 0.751. The normalized spacial score (nSPS) is 10.8. The molecule has 0 aliphatic carbocycles. The molecule has 0 saturated heterocycles. The van der Waals surface area contributed by atoms with Crippen LogP contribution in [0.1, 0.15) is 6.42 Å². The third kappa shape index (κ3) is 1.53. The van der Waals surface area contributed by atoms with E-state index < -0.39 is 0 Å². The fourth-order valence-electron chi connectivity index (χ4n) is 1.34. The van der Waals surface area contributed by atoms with Crippen LogP contribution in [-0.4, -0.2) is 21.1 Å². The zero-order chi connectivity index (χ0) is 9.10. The van der Waals surface area contributed by atoms with Crippen molar-refractivity contribution >= 4 is 11.2 Å². The van der Waals surface area contributed by atoms with Crippen LogP contribution in [-0.2, 0) is 6.54 Å². The van der Waals surface area contributed by atoms with Crippen molar-refractivity contribution in [3.05, 3.63) is 24.7 Å². The summed E-state index contributed by atoms with van der Waals surface area (Å²) < 4.78 is 2.08. The van der Waals surface area contributed by atoms with E-state index in [0.717, 1.165) is 24.1 Å². The minimum Gasteiger partial charge on any atom is -0.330 e. The monoisotopic (exact) mass is 176 g/mol. The largest absolute Gasteiger partial charge is 0.330 e. The first-order valence-corrected chi connectivity index (χ1v) is 4.38. The van der Waals surface area contributed by atoms with Crippen molar-refractivity contribution < 1.29 is 0 Å². The molecule has 0 unspecified atom stereocenters. The summed E-state index contributed by atoms with van der Waals surface area (Å²) >= 11 is 0. The first-order valence-electron chi connectivity index (χ1n) is 4.38. The summed E-state index contributed by atoms with van der Waals surface area (Å²) in [5.74, 6) is 0. The molecular weight excluding hydrogens is 164 g/mol. The molecule has 0 aliphatic heterocycles. The lowest BCUT2D eigenvalue weighted by molar-refractivity contribution is 0.666. The Labute approximate surface area is 76.4 Å². The molecule has 2 rings (SSSR count). The molecule has 0 atom stereocenters. The number of rotatable bonds is 3. The summed E-state index contributed by atoms with van der Waals surface area (Å²) in [6, 6.07) is 3.94. The van der Waals surface area contributed by atoms with E-state index in [9.17, 15) is 0 Å². The number of aromatic nitrogens is 3. The van der Waals surface area contributed by atoms with Crippen molar-refractivity contribution in [3.63, 3.8) is 0 Å². The molecule has 0 bridgehead atoms. The van der Waals surface area contributed by atoms with E-state index in [4.69, 9.17) is 5.73 Å². The maximum Gasteiger partial charge on any atom is 0.177 e. The van der Waals surface area contributed by atoms with E-state index in [-0.39, 0.29) is 0 Å². The number of nitrogens with zero attached hydrogens (tertiary/aromatic N) is 3. The predicted octanol–water partition coefficient (Wildman–Crippen LogP) is 0.780. The van der Waals surface area contributed by atoms with Gasteiger partial charge in [0.2, 0.25) is 0 Å². The molecule has 2 N–H and O–H groups in total. The van der Waals surface area contributed by atoms with E-state index >= 15 is 0 Å². The van der Waals surface area contributed by atoms with Crippen molar-refractivity contribution in [2.45, 2.75) is 13.0 Å². The summed E-state index contributed by atoms with van der Waals surface area (Å²) in [6.07, 6.45) is 4.54. The van der Waals surface area contributed by atoms with Crippen molar-refractivity contribution in [2.75, 3.05) is 6.54 Å². The van der Waals surface area contributed by atoms with Gasteiger partial charge < -0.3 is 10.3 Å². The lowest BCUT2D eigenvalue weighted by atomic mass is 10.4. The Bertz CT molecular complexity index is 393. The average Bonchev–Trinajstić information content (AvgIpc) is 2.58. The van der Waals surface area contributed by atoms with Crippen molar-refractivity contribution in [2.24, 2.45) is 5.73 Å². The maximum absolute atomic E-state index is 5.44. The van der Waals surface area contributed by atoms with Crippen molar-refractivity contribution in [1.29, 1.82) is 0 Å².